The first-order valence-electron chi connectivity index (χ1n) is 25.8. The second-order valence-electron chi connectivity index (χ2n) is 17.2. The van der Waals surface area contributed by atoms with Crippen molar-refractivity contribution in [3.8, 4) is 34.5 Å². The zero-order chi connectivity index (χ0) is 46.8. The minimum atomic E-state index is -3.35. The van der Waals surface area contributed by atoms with Crippen LogP contribution in [0.15, 0.2) is 69.3 Å². The highest BCUT2D eigenvalue weighted by molar-refractivity contribution is 8.30. The topological polar surface area (TPSA) is 102 Å². The fourth-order valence-electron chi connectivity index (χ4n) is 7.74. The van der Waals surface area contributed by atoms with E-state index in [1.165, 1.54) is 0 Å². The highest BCUT2D eigenvalue weighted by Gasteiger charge is 2.46. The van der Waals surface area contributed by atoms with Crippen LogP contribution in [0.5, 0.6) is 34.5 Å². The van der Waals surface area contributed by atoms with Gasteiger partial charge in [-0.3, -0.25) is 0 Å². The fourth-order valence-corrected chi connectivity index (χ4v) is 11.0. The Labute approximate surface area is 396 Å². The van der Waals surface area contributed by atoms with Crippen LogP contribution >= 0.6 is 10.3 Å². The molecule has 0 radical (unpaired) electrons. The van der Waals surface area contributed by atoms with Crippen LogP contribution in [0, 0.1) is 0 Å². The van der Waals surface area contributed by atoms with Gasteiger partial charge in [0, 0.05) is 39.5 Å². The Kier molecular flexibility index (Phi) is 29.3. The van der Waals surface area contributed by atoms with Gasteiger partial charge in [-0.05, 0) is 50.7 Å². The van der Waals surface area contributed by atoms with Gasteiger partial charge in [0.25, 0.3) is 0 Å². The van der Waals surface area contributed by atoms with Crippen LogP contribution in [0.1, 0.15) is 196 Å². The molecule has 65 heavy (non-hydrogen) atoms. The Morgan fingerprint density at radius 2 is 0.677 bits per heavy atom. The highest BCUT2D eigenvalue weighted by Crippen LogP contribution is 2.77. The molecule has 1 N–H and O–H groups in total. The van der Waals surface area contributed by atoms with E-state index < -0.39 is 16.5 Å². The quantitative estimate of drug-likeness (QED) is 0.0559. The van der Waals surface area contributed by atoms with Crippen molar-refractivity contribution in [1.29, 1.82) is 0 Å². The van der Waals surface area contributed by atoms with Gasteiger partial charge in [0.2, 0.25) is 0 Å². The Bertz CT molecular complexity index is 1520. The van der Waals surface area contributed by atoms with E-state index in [0.29, 0.717) is 88.8 Å². The molecular formula is C55H88O9S. The minimum Gasteiger partial charge on any atom is -0.493 e. The van der Waals surface area contributed by atoms with Crippen molar-refractivity contribution in [2.75, 3.05) is 39.6 Å². The van der Waals surface area contributed by atoms with E-state index in [9.17, 15) is 9.90 Å². The summed E-state index contributed by atoms with van der Waals surface area (Å²) in [5.41, 5.74) is 0. The van der Waals surface area contributed by atoms with E-state index >= 15 is 0 Å². The van der Waals surface area contributed by atoms with Gasteiger partial charge in [0.05, 0.1) is 39.6 Å². The summed E-state index contributed by atoms with van der Waals surface area (Å²) in [7, 11) is -3.35. The average molecular weight is 925 g/mol. The second kappa shape index (κ2) is 34.4. The van der Waals surface area contributed by atoms with E-state index in [0.717, 1.165) is 154 Å². The number of rotatable bonds is 40. The van der Waals surface area contributed by atoms with Crippen LogP contribution < -0.4 is 28.4 Å². The van der Waals surface area contributed by atoms with Crippen molar-refractivity contribution in [3.63, 3.8) is 0 Å². The van der Waals surface area contributed by atoms with Gasteiger partial charge in [0.1, 0.15) is 44.3 Å². The molecule has 0 heterocycles. The number of carbonyl (C=O) groups is 1. The Morgan fingerprint density at radius 1 is 0.400 bits per heavy atom. The molecule has 368 valence electrons. The number of unbranched alkanes of at least 4 members (excludes halogenated alkanes) is 18. The lowest BCUT2D eigenvalue weighted by Gasteiger charge is -2.41. The Hall–Kier alpha value is -3.92. The molecule has 0 saturated carbocycles. The van der Waals surface area contributed by atoms with Crippen LogP contribution in [0.25, 0.3) is 0 Å². The normalized spacial score (nSPS) is 11.6. The number of carboxylic acid groups (broad SMARTS) is 1. The van der Waals surface area contributed by atoms with E-state index in [1.807, 2.05) is 54.6 Å². The van der Waals surface area contributed by atoms with Crippen molar-refractivity contribution >= 4 is 16.5 Å². The van der Waals surface area contributed by atoms with Crippen molar-refractivity contribution in [3.05, 3.63) is 54.6 Å². The van der Waals surface area contributed by atoms with E-state index in [1.54, 1.807) is 0 Å². The minimum absolute atomic E-state index is 0.423. The van der Waals surface area contributed by atoms with Gasteiger partial charge in [-0.1, -0.05) is 175 Å². The molecule has 10 heteroatoms. The number of benzene rings is 3. The molecule has 0 aliphatic rings. The molecule has 3 aromatic rings. The molecule has 0 amide bonds. The van der Waals surface area contributed by atoms with E-state index in [4.69, 9.17) is 32.6 Å². The number of ether oxygens (including phenoxy) is 6. The molecule has 0 bridgehead atoms. The molecule has 9 nitrogen and oxygen atoms in total. The predicted octanol–water partition coefficient (Wildman–Crippen LogP) is 17.3. The van der Waals surface area contributed by atoms with E-state index in [2.05, 4.69) is 41.5 Å². The molecule has 0 unspecified atom stereocenters. The zero-order valence-electron chi connectivity index (χ0n) is 41.5. The van der Waals surface area contributed by atoms with Crippen LogP contribution in [0.2, 0.25) is 0 Å². The summed E-state index contributed by atoms with van der Waals surface area (Å²) in [6, 6.07) is 17.3. The van der Waals surface area contributed by atoms with Crippen LogP contribution in [-0.2, 0) is 4.18 Å². The summed E-state index contributed by atoms with van der Waals surface area (Å²) in [5, 5.41) is 11.2. The first-order valence-corrected chi connectivity index (χ1v) is 27.4. The van der Waals surface area contributed by atoms with Crippen LogP contribution in [0.4, 0.5) is 4.79 Å². The smallest absolute Gasteiger partial charge is 0.493 e. The third-order valence-corrected chi connectivity index (χ3v) is 14.7. The summed E-state index contributed by atoms with van der Waals surface area (Å²) in [6.45, 7) is 16.0. The number of hydrogen-bond acceptors (Lipinski definition) is 8. The maximum Gasteiger partial charge on any atom is 0.517 e. The summed E-state index contributed by atoms with van der Waals surface area (Å²) < 4.78 is 47.3. The molecule has 0 aliphatic heterocycles. The Morgan fingerprint density at radius 3 is 0.938 bits per heavy atom. The SMILES string of the molecule is CCCCCCOc1cc(OCCCCCC)c(S(OC(=O)O)(c2ccccc2)c2c(OCCCCCC)cc(OCCCCCC)cc2OCCCCCC)c(OCCCCCC)c1. The predicted molar refractivity (Wildman–Crippen MR) is 269 cm³/mol. The summed E-state index contributed by atoms with van der Waals surface area (Å²) in [4.78, 5) is 15.3. The lowest BCUT2D eigenvalue weighted by atomic mass is 10.2. The molecular weight excluding hydrogens is 837 g/mol. The molecule has 0 atom stereocenters. The summed E-state index contributed by atoms with van der Waals surface area (Å²) in [6.07, 6.45) is 23.2. The van der Waals surface area contributed by atoms with Gasteiger partial charge >= 0.3 is 6.16 Å². The Balaban J connectivity index is 2.52. The first kappa shape index (κ1) is 55.4. The second-order valence-corrected chi connectivity index (χ2v) is 19.7. The number of hydrogen-bond donors (Lipinski definition) is 1. The van der Waals surface area contributed by atoms with Crippen molar-refractivity contribution < 1.29 is 42.5 Å². The van der Waals surface area contributed by atoms with E-state index in [-0.39, 0.29) is 0 Å². The average Bonchev–Trinajstić information content (AvgIpc) is 3.30. The first-order chi connectivity index (χ1) is 31.9. The lowest BCUT2D eigenvalue weighted by molar-refractivity contribution is 0.149. The molecule has 3 aromatic carbocycles. The standard InChI is InChI=1S/C55H88O9S/c1-7-13-19-28-36-58-46-42-49(60-38-30-21-15-9-3)53(50(43-46)61-39-31-22-16-10-4)65(64-55(56)57,48-34-26-25-27-35-48)54-51(62-40-32-23-17-11-5)44-47(59-37-29-20-14-8-2)45-52(54)63-41-33-24-18-12-6/h25-27,34-35,42-45H,7-24,28-33,36-41H2,1-6H3,(H,56,57). The van der Waals surface area contributed by atoms with Gasteiger partial charge in [-0.15, -0.1) is 0 Å². The summed E-state index contributed by atoms with van der Waals surface area (Å²) in [5.74, 6) is 3.09. The third kappa shape index (κ3) is 19.8. The van der Waals surface area contributed by atoms with Crippen LogP contribution in [-0.4, -0.2) is 50.9 Å². The van der Waals surface area contributed by atoms with Gasteiger partial charge in [-0.2, -0.15) is 0 Å². The summed E-state index contributed by atoms with van der Waals surface area (Å²) >= 11 is 0. The van der Waals surface area contributed by atoms with Gasteiger partial charge in [-0.25, -0.2) is 4.79 Å². The zero-order valence-corrected chi connectivity index (χ0v) is 42.3. The van der Waals surface area contributed by atoms with Crippen LogP contribution in [0.3, 0.4) is 0 Å². The van der Waals surface area contributed by atoms with Crippen molar-refractivity contribution in [2.45, 2.75) is 210 Å². The molecule has 0 saturated heterocycles. The lowest BCUT2D eigenvalue weighted by Crippen LogP contribution is -2.18. The molecule has 0 spiro atoms. The maximum absolute atomic E-state index is 13.7. The molecule has 3 rings (SSSR count). The third-order valence-electron chi connectivity index (χ3n) is 11.4. The van der Waals surface area contributed by atoms with Gasteiger partial charge in [0.15, 0.2) is 0 Å². The molecule has 0 fully saturated rings. The van der Waals surface area contributed by atoms with Gasteiger partial charge < -0.3 is 37.7 Å². The molecule has 0 aliphatic carbocycles. The van der Waals surface area contributed by atoms with Crippen molar-refractivity contribution in [2.24, 2.45) is 0 Å². The maximum atomic E-state index is 13.7. The molecule has 0 aromatic heterocycles. The van der Waals surface area contributed by atoms with Crippen molar-refractivity contribution in [1.82, 2.24) is 0 Å². The highest BCUT2D eigenvalue weighted by atomic mass is 32.3. The fraction of sp³-hybridized carbons (Fsp3) is 0.655. The monoisotopic (exact) mass is 925 g/mol. The largest absolute Gasteiger partial charge is 0.517 e.